The van der Waals surface area contributed by atoms with Gasteiger partial charge < -0.3 is 0 Å². The number of rotatable bonds is 1. The second-order valence-corrected chi connectivity index (χ2v) is 4.87. The largest absolute Gasteiger partial charge is 0.261 e. The maximum absolute atomic E-state index is 4.36. The summed E-state index contributed by atoms with van der Waals surface area (Å²) < 4.78 is 0. The quantitative estimate of drug-likeness (QED) is 0.706. The average Bonchev–Trinajstić information content (AvgIpc) is 2.49. The molecule has 1 aliphatic carbocycles. The van der Waals surface area contributed by atoms with E-state index in [0.717, 1.165) is 5.69 Å². The van der Waals surface area contributed by atoms with Crippen LogP contribution >= 0.6 is 15.9 Å². The van der Waals surface area contributed by atoms with Crippen molar-refractivity contribution in [2.24, 2.45) is 5.92 Å². The highest BCUT2D eigenvalue weighted by Gasteiger charge is 2.32. The third-order valence-corrected chi connectivity index (χ3v) is 4.21. The molecular weight excluding hydrogens is 228 g/mol. The molecule has 3 atom stereocenters. The lowest BCUT2D eigenvalue weighted by atomic mass is 9.95. The van der Waals surface area contributed by atoms with E-state index < -0.39 is 0 Å². The molecular formula is C10H13BrN2. The number of aromatic nitrogens is 2. The Labute approximate surface area is 86.9 Å². The van der Waals surface area contributed by atoms with Crippen LogP contribution in [0.4, 0.5) is 0 Å². The van der Waals surface area contributed by atoms with Gasteiger partial charge in [0.15, 0.2) is 0 Å². The Hall–Kier alpha value is -0.440. The van der Waals surface area contributed by atoms with Gasteiger partial charge in [-0.2, -0.15) is 0 Å². The zero-order chi connectivity index (χ0) is 9.26. The molecule has 3 heteroatoms. The minimum absolute atomic E-state index is 0.595. The van der Waals surface area contributed by atoms with Gasteiger partial charge in [-0.1, -0.05) is 22.9 Å². The lowest BCUT2D eigenvalue weighted by Crippen LogP contribution is -2.10. The van der Waals surface area contributed by atoms with Crippen LogP contribution < -0.4 is 0 Å². The molecule has 0 bridgehead atoms. The minimum atomic E-state index is 0.595. The van der Waals surface area contributed by atoms with Crippen molar-refractivity contribution >= 4 is 15.9 Å². The van der Waals surface area contributed by atoms with Crippen molar-refractivity contribution < 1.29 is 0 Å². The molecule has 2 rings (SSSR count). The van der Waals surface area contributed by atoms with Crippen LogP contribution in [-0.2, 0) is 0 Å². The topological polar surface area (TPSA) is 25.8 Å². The van der Waals surface area contributed by atoms with Crippen molar-refractivity contribution in [3.63, 3.8) is 0 Å². The summed E-state index contributed by atoms with van der Waals surface area (Å²) in [6.45, 7) is 2.28. The van der Waals surface area contributed by atoms with Crippen LogP contribution in [0.2, 0.25) is 0 Å². The number of hydrogen-bond acceptors (Lipinski definition) is 2. The molecule has 0 saturated heterocycles. The van der Waals surface area contributed by atoms with Crippen LogP contribution in [0.3, 0.4) is 0 Å². The van der Waals surface area contributed by atoms with Crippen LogP contribution in [0.25, 0.3) is 0 Å². The first-order valence-electron chi connectivity index (χ1n) is 4.69. The van der Waals surface area contributed by atoms with E-state index in [1.54, 1.807) is 12.4 Å². The first-order valence-corrected chi connectivity index (χ1v) is 5.60. The highest BCUT2D eigenvalue weighted by atomic mass is 79.9. The van der Waals surface area contributed by atoms with Gasteiger partial charge in [-0.05, 0) is 18.8 Å². The van der Waals surface area contributed by atoms with Gasteiger partial charge in [0.05, 0.1) is 5.69 Å². The third kappa shape index (κ3) is 1.75. The first-order chi connectivity index (χ1) is 6.29. The Morgan fingerprint density at radius 2 is 2.23 bits per heavy atom. The smallest absolute Gasteiger partial charge is 0.0620 e. The number of hydrogen-bond donors (Lipinski definition) is 0. The molecule has 3 unspecified atom stereocenters. The lowest BCUT2D eigenvalue weighted by molar-refractivity contribution is 0.531. The molecule has 0 aliphatic heterocycles. The van der Waals surface area contributed by atoms with Gasteiger partial charge in [-0.25, -0.2) is 0 Å². The molecule has 0 aromatic carbocycles. The summed E-state index contributed by atoms with van der Waals surface area (Å²) in [5, 5.41) is 0. The summed E-state index contributed by atoms with van der Waals surface area (Å²) in [5.74, 6) is 1.27. The molecule has 0 amide bonds. The second-order valence-electron chi connectivity index (χ2n) is 3.69. The monoisotopic (exact) mass is 240 g/mol. The molecule has 1 saturated carbocycles. The van der Waals surface area contributed by atoms with Crippen molar-refractivity contribution in [3.8, 4) is 0 Å². The van der Waals surface area contributed by atoms with Crippen LogP contribution in [-0.4, -0.2) is 14.8 Å². The summed E-state index contributed by atoms with van der Waals surface area (Å²) in [7, 11) is 0. The summed E-state index contributed by atoms with van der Waals surface area (Å²) >= 11 is 3.69. The first kappa shape index (κ1) is 9.13. The van der Waals surface area contributed by atoms with Gasteiger partial charge in [-0.3, -0.25) is 9.97 Å². The Bertz CT molecular complexity index is 276. The molecule has 1 fully saturated rings. The van der Waals surface area contributed by atoms with Gasteiger partial charge in [0.2, 0.25) is 0 Å². The van der Waals surface area contributed by atoms with Crippen LogP contribution in [0, 0.1) is 5.92 Å². The SMILES string of the molecule is CC1C(Br)CCC1c1cnccn1. The van der Waals surface area contributed by atoms with Crippen LogP contribution in [0.15, 0.2) is 18.6 Å². The molecule has 0 radical (unpaired) electrons. The van der Waals surface area contributed by atoms with Gasteiger partial charge in [0.1, 0.15) is 0 Å². The maximum atomic E-state index is 4.36. The fourth-order valence-electron chi connectivity index (χ4n) is 2.04. The van der Waals surface area contributed by atoms with Crippen molar-refractivity contribution in [3.05, 3.63) is 24.3 Å². The molecule has 0 spiro atoms. The Morgan fingerprint density at radius 1 is 1.38 bits per heavy atom. The van der Waals surface area contributed by atoms with E-state index in [9.17, 15) is 0 Å². The summed E-state index contributed by atoms with van der Waals surface area (Å²) in [6.07, 6.45) is 7.89. The fraction of sp³-hybridized carbons (Fsp3) is 0.600. The van der Waals surface area contributed by atoms with Crippen LogP contribution in [0.1, 0.15) is 31.4 Å². The number of alkyl halides is 1. The standard InChI is InChI=1S/C10H13BrN2/c1-7-8(2-3-9(7)11)10-6-12-4-5-13-10/h4-9H,2-3H2,1H3. The van der Waals surface area contributed by atoms with Gasteiger partial charge >= 0.3 is 0 Å². The highest BCUT2D eigenvalue weighted by Crippen LogP contribution is 2.41. The maximum Gasteiger partial charge on any atom is 0.0620 e. The predicted molar refractivity (Wildman–Crippen MR) is 55.9 cm³/mol. The van der Waals surface area contributed by atoms with Crippen molar-refractivity contribution in [2.75, 3.05) is 0 Å². The average molecular weight is 241 g/mol. The van der Waals surface area contributed by atoms with Gasteiger partial charge in [0.25, 0.3) is 0 Å². The van der Waals surface area contributed by atoms with Gasteiger partial charge in [-0.15, -0.1) is 0 Å². The zero-order valence-corrected chi connectivity index (χ0v) is 9.24. The summed E-state index contributed by atoms with van der Waals surface area (Å²) in [5.41, 5.74) is 1.15. The molecule has 1 aromatic rings. The van der Waals surface area contributed by atoms with E-state index in [-0.39, 0.29) is 0 Å². The second kappa shape index (κ2) is 3.74. The number of halogens is 1. The van der Waals surface area contributed by atoms with E-state index in [0.29, 0.717) is 16.7 Å². The molecule has 13 heavy (non-hydrogen) atoms. The lowest BCUT2D eigenvalue weighted by Gasteiger charge is -2.15. The Kier molecular flexibility index (Phi) is 2.63. The van der Waals surface area contributed by atoms with E-state index in [1.807, 2.05) is 6.20 Å². The molecule has 2 nitrogen and oxygen atoms in total. The van der Waals surface area contributed by atoms with E-state index >= 15 is 0 Å². The fourth-order valence-corrected chi connectivity index (χ4v) is 2.67. The Balaban J connectivity index is 2.19. The molecule has 1 aliphatic rings. The number of nitrogens with zero attached hydrogens (tertiary/aromatic N) is 2. The highest BCUT2D eigenvalue weighted by molar-refractivity contribution is 9.09. The van der Waals surface area contributed by atoms with E-state index in [2.05, 4.69) is 32.8 Å². The Morgan fingerprint density at radius 3 is 2.77 bits per heavy atom. The van der Waals surface area contributed by atoms with Crippen LogP contribution in [0.5, 0.6) is 0 Å². The summed E-state index contributed by atoms with van der Waals surface area (Å²) in [4.78, 5) is 9.13. The minimum Gasteiger partial charge on any atom is -0.261 e. The van der Waals surface area contributed by atoms with E-state index in [1.165, 1.54) is 12.8 Å². The molecule has 1 aromatic heterocycles. The van der Waals surface area contributed by atoms with Crippen molar-refractivity contribution in [1.29, 1.82) is 0 Å². The van der Waals surface area contributed by atoms with Crippen molar-refractivity contribution in [2.45, 2.75) is 30.5 Å². The predicted octanol–water partition coefficient (Wildman–Crippen LogP) is 2.75. The normalized spacial score (nSPS) is 33.5. The summed E-state index contributed by atoms with van der Waals surface area (Å²) in [6, 6.07) is 0. The van der Waals surface area contributed by atoms with Crippen molar-refractivity contribution in [1.82, 2.24) is 9.97 Å². The molecule has 70 valence electrons. The third-order valence-electron chi connectivity index (χ3n) is 2.92. The molecule has 0 N–H and O–H groups in total. The molecule has 1 heterocycles. The van der Waals surface area contributed by atoms with Gasteiger partial charge in [0, 0.05) is 29.3 Å². The van der Waals surface area contributed by atoms with E-state index in [4.69, 9.17) is 0 Å². The zero-order valence-electron chi connectivity index (χ0n) is 7.65.